The molecule has 18 heavy (non-hydrogen) atoms. The summed E-state index contributed by atoms with van der Waals surface area (Å²) in [6.07, 6.45) is 11.6. The number of nitrogens with zero attached hydrogens (tertiary/aromatic N) is 1. The Hall–Kier alpha value is -0.860. The van der Waals surface area contributed by atoms with E-state index in [2.05, 4.69) is 5.32 Å². The Morgan fingerprint density at radius 1 is 0.944 bits per heavy atom. The maximum Gasteiger partial charge on any atom is 0.241 e. The second kappa shape index (κ2) is 5.41. The minimum absolute atomic E-state index is 0.137. The van der Waals surface area contributed by atoms with Crippen LogP contribution < -0.4 is 5.32 Å². The van der Waals surface area contributed by atoms with Crippen molar-refractivity contribution in [2.75, 3.05) is 6.54 Å². The van der Waals surface area contributed by atoms with Crippen molar-refractivity contribution in [3.8, 4) is 0 Å². The summed E-state index contributed by atoms with van der Waals surface area (Å²) < 4.78 is 0. The lowest BCUT2D eigenvalue weighted by Gasteiger charge is -2.35. The van der Waals surface area contributed by atoms with Crippen LogP contribution in [0.4, 0.5) is 0 Å². The van der Waals surface area contributed by atoms with E-state index >= 15 is 0 Å². The molecule has 1 amide bonds. The van der Waals surface area contributed by atoms with Crippen molar-refractivity contribution < 1.29 is 4.79 Å². The minimum Gasteiger partial charge on any atom is -0.351 e. The monoisotopic (exact) mass is 248 g/mol. The highest BCUT2D eigenvalue weighted by Crippen LogP contribution is 2.34. The number of carbonyl (C=O) groups excluding carboxylic acids is 1. The Labute approximate surface area is 109 Å². The minimum atomic E-state index is 0.137. The Bertz CT molecular complexity index is 344. The van der Waals surface area contributed by atoms with Gasteiger partial charge < -0.3 is 5.32 Å². The van der Waals surface area contributed by atoms with Crippen LogP contribution in [0, 0.1) is 11.8 Å². The topological polar surface area (TPSA) is 41.5 Å². The molecule has 0 aromatic rings. The molecule has 3 rings (SSSR count). The third-order valence-corrected chi connectivity index (χ3v) is 4.92. The number of amides is 1. The molecule has 1 aliphatic heterocycles. The number of hydrogen-bond acceptors (Lipinski definition) is 2. The lowest BCUT2D eigenvalue weighted by atomic mass is 9.74. The van der Waals surface area contributed by atoms with Gasteiger partial charge in [0.15, 0.2) is 0 Å². The quantitative estimate of drug-likeness (QED) is 0.761. The fourth-order valence-corrected chi connectivity index (χ4v) is 4.02. The van der Waals surface area contributed by atoms with Crippen molar-refractivity contribution in [2.45, 2.75) is 63.8 Å². The molecule has 2 fully saturated rings. The van der Waals surface area contributed by atoms with Gasteiger partial charge in [0.1, 0.15) is 6.54 Å². The van der Waals surface area contributed by atoms with Gasteiger partial charge in [-0.3, -0.25) is 9.79 Å². The first-order valence-electron chi connectivity index (χ1n) is 7.68. The van der Waals surface area contributed by atoms with E-state index in [-0.39, 0.29) is 5.91 Å². The van der Waals surface area contributed by atoms with E-state index < -0.39 is 0 Å². The van der Waals surface area contributed by atoms with Crippen molar-refractivity contribution in [1.82, 2.24) is 5.32 Å². The Kier molecular flexibility index (Phi) is 3.67. The Morgan fingerprint density at radius 2 is 1.67 bits per heavy atom. The third-order valence-electron chi connectivity index (χ3n) is 4.92. The van der Waals surface area contributed by atoms with Gasteiger partial charge in [0.05, 0.1) is 0 Å². The molecule has 1 N–H and O–H groups in total. The van der Waals surface area contributed by atoms with Gasteiger partial charge in [0.25, 0.3) is 0 Å². The first-order chi connectivity index (χ1) is 8.84. The third kappa shape index (κ3) is 2.45. The molecule has 2 atom stereocenters. The van der Waals surface area contributed by atoms with E-state index in [1.807, 2.05) is 0 Å². The molecule has 0 bridgehead atoms. The number of aliphatic imine (C=N–C) groups is 1. The summed E-state index contributed by atoms with van der Waals surface area (Å²) in [4.78, 5) is 16.5. The van der Waals surface area contributed by atoms with Crippen LogP contribution in [-0.4, -0.2) is 24.2 Å². The van der Waals surface area contributed by atoms with Gasteiger partial charge in [0.2, 0.25) is 5.91 Å². The SMILES string of the molecule is O=C1CN=C(C2CCCCC2)C2CCCCC2N1. The lowest BCUT2D eigenvalue weighted by molar-refractivity contribution is -0.120. The van der Waals surface area contributed by atoms with E-state index in [0.29, 0.717) is 24.4 Å². The molecule has 0 spiro atoms. The average molecular weight is 248 g/mol. The predicted molar refractivity (Wildman–Crippen MR) is 72.8 cm³/mol. The van der Waals surface area contributed by atoms with Crippen molar-refractivity contribution in [3.63, 3.8) is 0 Å². The fourth-order valence-electron chi connectivity index (χ4n) is 4.02. The molecule has 3 aliphatic rings. The van der Waals surface area contributed by atoms with Crippen LogP contribution in [-0.2, 0) is 4.79 Å². The molecule has 100 valence electrons. The molecular weight excluding hydrogens is 224 g/mol. The van der Waals surface area contributed by atoms with Gasteiger partial charge in [-0.15, -0.1) is 0 Å². The summed E-state index contributed by atoms with van der Waals surface area (Å²) in [5.74, 6) is 1.36. The molecular formula is C15H24N2O. The van der Waals surface area contributed by atoms with Gasteiger partial charge in [-0.25, -0.2) is 0 Å². The van der Waals surface area contributed by atoms with Crippen LogP contribution in [0.2, 0.25) is 0 Å². The molecule has 2 saturated carbocycles. The van der Waals surface area contributed by atoms with Gasteiger partial charge in [-0.05, 0) is 31.6 Å². The first-order valence-corrected chi connectivity index (χ1v) is 7.68. The molecule has 0 radical (unpaired) electrons. The number of carbonyl (C=O) groups is 1. The molecule has 0 saturated heterocycles. The summed E-state index contributed by atoms with van der Waals surface area (Å²) in [6.45, 7) is 0.374. The van der Waals surface area contributed by atoms with Gasteiger partial charge in [-0.2, -0.15) is 0 Å². The largest absolute Gasteiger partial charge is 0.351 e. The molecule has 0 aromatic heterocycles. The summed E-state index contributed by atoms with van der Waals surface area (Å²) in [5, 5.41) is 3.20. The summed E-state index contributed by atoms with van der Waals surface area (Å²) in [5.41, 5.74) is 1.40. The molecule has 2 unspecified atom stereocenters. The van der Waals surface area contributed by atoms with E-state index in [1.165, 1.54) is 57.1 Å². The number of hydrogen-bond donors (Lipinski definition) is 1. The fraction of sp³-hybridized carbons (Fsp3) is 0.867. The second-order valence-electron chi connectivity index (χ2n) is 6.14. The normalized spacial score (nSPS) is 34.2. The maximum absolute atomic E-state index is 11.7. The Morgan fingerprint density at radius 3 is 2.50 bits per heavy atom. The van der Waals surface area contributed by atoms with Gasteiger partial charge in [0, 0.05) is 17.7 Å². The smallest absolute Gasteiger partial charge is 0.241 e. The molecule has 3 heteroatoms. The highest BCUT2D eigenvalue weighted by atomic mass is 16.1. The zero-order chi connectivity index (χ0) is 12.4. The highest BCUT2D eigenvalue weighted by Gasteiger charge is 2.35. The van der Waals surface area contributed by atoms with Crippen LogP contribution in [0.25, 0.3) is 0 Å². The molecule has 1 heterocycles. The highest BCUT2D eigenvalue weighted by molar-refractivity contribution is 5.94. The van der Waals surface area contributed by atoms with Crippen LogP contribution in [0.5, 0.6) is 0 Å². The molecule has 0 aromatic carbocycles. The maximum atomic E-state index is 11.7. The molecule has 3 nitrogen and oxygen atoms in total. The zero-order valence-corrected chi connectivity index (χ0v) is 11.2. The van der Waals surface area contributed by atoms with E-state index in [4.69, 9.17) is 4.99 Å². The van der Waals surface area contributed by atoms with E-state index in [0.717, 1.165) is 6.42 Å². The van der Waals surface area contributed by atoms with Gasteiger partial charge >= 0.3 is 0 Å². The van der Waals surface area contributed by atoms with E-state index in [9.17, 15) is 4.79 Å². The first kappa shape index (κ1) is 12.2. The summed E-state index contributed by atoms with van der Waals surface area (Å²) in [6, 6.07) is 0.384. The summed E-state index contributed by atoms with van der Waals surface area (Å²) in [7, 11) is 0. The van der Waals surface area contributed by atoms with Crippen molar-refractivity contribution in [1.29, 1.82) is 0 Å². The van der Waals surface area contributed by atoms with Crippen LogP contribution >= 0.6 is 0 Å². The number of fused-ring (bicyclic) bond motifs is 1. The second-order valence-corrected chi connectivity index (χ2v) is 6.14. The van der Waals surface area contributed by atoms with Gasteiger partial charge in [-0.1, -0.05) is 32.1 Å². The zero-order valence-electron chi connectivity index (χ0n) is 11.2. The lowest BCUT2D eigenvalue weighted by Crippen LogP contribution is -2.44. The molecule has 2 aliphatic carbocycles. The average Bonchev–Trinajstić information content (AvgIpc) is 2.58. The van der Waals surface area contributed by atoms with Crippen molar-refractivity contribution >= 4 is 11.6 Å². The van der Waals surface area contributed by atoms with Crippen LogP contribution in [0.1, 0.15) is 57.8 Å². The van der Waals surface area contributed by atoms with Crippen LogP contribution in [0.3, 0.4) is 0 Å². The summed E-state index contributed by atoms with van der Waals surface area (Å²) >= 11 is 0. The standard InChI is InChI=1S/C15H24N2O/c18-14-10-16-15(11-6-2-1-3-7-11)12-8-4-5-9-13(12)17-14/h11-13H,1-10H2,(H,17,18). The number of rotatable bonds is 1. The number of nitrogens with one attached hydrogen (secondary N) is 1. The van der Waals surface area contributed by atoms with Crippen LogP contribution in [0.15, 0.2) is 4.99 Å². The van der Waals surface area contributed by atoms with E-state index in [1.54, 1.807) is 0 Å². The van der Waals surface area contributed by atoms with Crippen molar-refractivity contribution in [3.05, 3.63) is 0 Å². The predicted octanol–water partition coefficient (Wildman–Crippen LogP) is 2.70. The Balaban J connectivity index is 1.81. The van der Waals surface area contributed by atoms with Crippen molar-refractivity contribution in [2.24, 2.45) is 16.8 Å².